The molecule has 0 rings (SSSR count). The van der Waals surface area contributed by atoms with Crippen LogP contribution in [0.15, 0.2) is 25.3 Å². The molecule has 0 heterocycles. The van der Waals surface area contributed by atoms with Gasteiger partial charge in [-0.1, -0.05) is 38.2 Å². The van der Waals surface area contributed by atoms with E-state index in [4.69, 9.17) is 12.2 Å². The Bertz CT molecular complexity index is 216. The van der Waals surface area contributed by atoms with E-state index in [1.807, 2.05) is 18.7 Å². The number of hydrogen-bond donors (Lipinski definition) is 1. The maximum atomic E-state index is 9.72. The van der Waals surface area contributed by atoms with Crippen molar-refractivity contribution in [3.8, 4) is 0 Å². The molecule has 0 aliphatic rings. The minimum absolute atomic E-state index is 0.234. The fraction of sp³-hybridized carbons (Fsp3) is 0.583. The van der Waals surface area contributed by atoms with Gasteiger partial charge in [-0.15, -0.1) is 13.2 Å². The zero-order valence-corrected chi connectivity index (χ0v) is 10.5. The van der Waals surface area contributed by atoms with Crippen molar-refractivity contribution in [2.24, 2.45) is 5.92 Å². The normalized spacial score (nSPS) is 12.3. The quantitative estimate of drug-likeness (QED) is 0.533. The molecule has 86 valence electrons. The number of aliphatic hydroxyl groups excluding tert-OH is 1. The molecule has 0 aliphatic carbocycles. The molecule has 1 N–H and O–H groups in total. The Morgan fingerprint density at radius 1 is 1.33 bits per heavy atom. The molecule has 0 aliphatic heterocycles. The molecule has 0 aromatic heterocycles. The van der Waals surface area contributed by atoms with Gasteiger partial charge >= 0.3 is 0 Å². The average molecular weight is 227 g/mol. The minimum atomic E-state index is -0.366. The molecule has 0 saturated carbocycles. The van der Waals surface area contributed by atoms with E-state index in [0.29, 0.717) is 19.5 Å². The summed E-state index contributed by atoms with van der Waals surface area (Å²) in [6.07, 6.45) is 3.78. The van der Waals surface area contributed by atoms with E-state index in [1.165, 1.54) is 0 Å². The van der Waals surface area contributed by atoms with Crippen LogP contribution in [-0.2, 0) is 0 Å². The SMILES string of the molecule is C=CCN(CC=C)C(=S)C[C@@H](O)C(C)C. The second-order valence-electron chi connectivity index (χ2n) is 3.89. The highest BCUT2D eigenvalue weighted by Gasteiger charge is 2.15. The van der Waals surface area contributed by atoms with Crippen LogP contribution in [0.1, 0.15) is 20.3 Å². The molecule has 0 unspecified atom stereocenters. The number of rotatable bonds is 7. The number of nitrogens with zero attached hydrogens (tertiary/aromatic N) is 1. The number of hydrogen-bond acceptors (Lipinski definition) is 2. The van der Waals surface area contributed by atoms with Gasteiger partial charge in [-0.25, -0.2) is 0 Å². The summed E-state index contributed by atoms with van der Waals surface area (Å²) < 4.78 is 0. The minimum Gasteiger partial charge on any atom is -0.392 e. The number of thiocarbonyl (C=S) groups is 1. The van der Waals surface area contributed by atoms with Gasteiger partial charge in [0.25, 0.3) is 0 Å². The topological polar surface area (TPSA) is 23.5 Å². The van der Waals surface area contributed by atoms with Crippen molar-refractivity contribution in [1.29, 1.82) is 0 Å². The fourth-order valence-electron chi connectivity index (χ4n) is 1.13. The van der Waals surface area contributed by atoms with Crippen LogP contribution in [-0.4, -0.2) is 34.2 Å². The van der Waals surface area contributed by atoms with E-state index in [0.717, 1.165) is 4.99 Å². The smallest absolute Gasteiger partial charge is 0.0810 e. The molecule has 1 atom stereocenters. The molecule has 0 aromatic carbocycles. The standard InChI is InChI=1S/C12H21NOS/c1-5-7-13(8-6-2)12(15)9-11(14)10(3)4/h5-6,10-11,14H,1-2,7-9H2,3-4H3/t11-/m1/s1. The molecule has 0 aromatic rings. The lowest BCUT2D eigenvalue weighted by Crippen LogP contribution is -2.33. The van der Waals surface area contributed by atoms with Crippen LogP contribution in [0.25, 0.3) is 0 Å². The van der Waals surface area contributed by atoms with E-state index < -0.39 is 0 Å². The third kappa shape index (κ3) is 5.70. The van der Waals surface area contributed by atoms with Crippen LogP contribution in [0.5, 0.6) is 0 Å². The van der Waals surface area contributed by atoms with Crippen LogP contribution in [0, 0.1) is 5.92 Å². The Balaban J connectivity index is 4.23. The van der Waals surface area contributed by atoms with Crippen LogP contribution >= 0.6 is 12.2 Å². The number of aliphatic hydroxyl groups is 1. The summed E-state index contributed by atoms with van der Waals surface area (Å²) in [6.45, 7) is 12.7. The van der Waals surface area contributed by atoms with Crippen molar-refractivity contribution in [3.63, 3.8) is 0 Å². The van der Waals surface area contributed by atoms with Crippen molar-refractivity contribution in [2.45, 2.75) is 26.4 Å². The molecule has 3 heteroatoms. The Hall–Kier alpha value is -0.670. The maximum absolute atomic E-state index is 9.72. The molecule has 0 bridgehead atoms. The summed E-state index contributed by atoms with van der Waals surface area (Å²) in [7, 11) is 0. The molecule has 0 saturated heterocycles. The molecule has 0 spiro atoms. The first-order valence-electron chi connectivity index (χ1n) is 5.20. The van der Waals surface area contributed by atoms with Crippen molar-refractivity contribution in [2.75, 3.05) is 13.1 Å². The summed E-state index contributed by atoms with van der Waals surface area (Å²) in [5.41, 5.74) is 0. The van der Waals surface area contributed by atoms with Gasteiger partial charge in [0.05, 0.1) is 11.1 Å². The first kappa shape index (κ1) is 14.3. The molecule has 0 amide bonds. The lowest BCUT2D eigenvalue weighted by Gasteiger charge is -2.25. The van der Waals surface area contributed by atoms with Gasteiger partial charge in [0.15, 0.2) is 0 Å². The van der Waals surface area contributed by atoms with Crippen LogP contribution in [0.2, 0.25) is 0 Å². The molecular weight excluding hydrogens is 206 g/mol. The Labute approximate surface area is 98.3 Å². The van der Waals surface area contributed by atoms with Gasteiger partial charge in [0.2, 0.25) is 0 Å². The van der Waals surface area contributed by atoms with Crippen molar-refractivity contribution < 1.29 is 5.11 Å². The summed E-state index contributed by atoms with van der Waals surface area (Å²) in [6, 6.07) is 0. The van der Waals surface area contributed by atoms with Crippen molar-refractivity contribution in [1.82, 2.24) is 4.90 Å². The average Bonchev–Trinajstić information content (AvgIpc) is 2.17. The Kier molecular flexibility index (Phi) is 7.26. The highest BCUT2D eigenvalue weighted by atomic mass is 32.1. The van der Waals surface area contributed by atoms with E-state index in [-0.39, 0.29) is 12.0 Å². The van der Waals surface area contributed by atoms with Crippen LogP contribution in [0.4, 0.5) is 0 Å². The predicted octanol–water partition coefficient (Wildman–Crippen LogP) is 2.39. The highest BCUT2D eigenvalue weighted by Crippen LogP contribution is 2.09. The van der Waals surface area contributed by atoms with Crippen molar-refractivity contribution >= 4 is 17.2 Å². The van der Waals surface area contributed by atoms with E-state index in [2.05, 4.69) is 13.2 Å². The molecule has 0 fully saturated rings. The van der Waals surface area contributed by atoms with E-state index in [9.17, 15) is 5.11 Å². The maximum Gasteiger partial charge on any atom is 0.0810 e. The molecule has 0 radical (unpaired) electrons. The van der Waals surface area contributed by atoms with Gasteiger partial charge in [-0.2, -0.15) is 0 Å². The monoisotopic (exact) mass is 227 g/mol. The molecule has 2 nitrogen and oxygen atoms in total. The van der Waals surface area contributed by atoms with Gasteiger partial charge in [-0.3, -0.25) is 0 Å². The Morgan fingerprint density at radius 2 is 1.80 bits per heavy atom. The van der Waals surface area contributed by atoms with Gasteiger partial charge < -0.3 is 10.0 Å². The summed E-state index contributed by atoms with van der Waals surface area (Å²) in [4.78, 5) is 2.76. The van der Waals surface area contributed by atoms with E-state index in [1.54, 1.807) is 12.2 Å². The third-order valence-electron chi connectivity index (χ3n) is 2.20. The summed E-state index contributed by atoms with van der Waals surface area (Å²) in [5.74, 6) is 0.234. The second-order valence-corrected chi connectivity index (χ2v) is 4.36. The second kappa shape index (κ2) is 7.60. The zero-order chi connectivity index (χ0) is 11.8. The highest BCUT2D eigenvalue weighted by molar-refractivity contribution is 7.80. The largest absolute Gasteiger partial charge is 0.392 e. The predicted molar refractivity (Wildman–Crippen MR) is 70.0 cm³/mol. The Morgan fingerprint density at radius 3 is 2.13 bits per heavy atom. The fourth-order valence-corrected chi connectivity index (χ4v) is 1.45. The first-order chi connectivity index (χ1) is 7.02. The van der Waals surface area contributed by atoms with Crippen LogP contribution in [0.3, 0.4) is 0 Å². The molecule has 15 heavy (non-hydrogen) atoms. The third-order valence-corrected chi connectivity index (χ3v) is 2.63. The zero-order valence-electron chi connectivity index (χ0n) is 9.65. The van der Waals surface area contributed by atoms with Crippen LogP contribution < -0.4 is 0 Å². The van der Waals surface area contributed by atoms with Gasteiger partial charge in [-0.05, 0) is 5.92 Å². The lowest BCUT2D eigenvalue weighted by atomic mass is 10.0. The summed E-state index contributed by atoms with van der Waals surface area (Å²) in [5, 5.41) is 9.72. The van der Waals surface area contributed by atoms with Gasteiger partial charge in [0, 0.05) is 19.5 Å². The lowest BCUT2D eigenvalue weighted by molar-refractivity contribution is 0.130. The molecular formula is C12H21NOS. The van der Waals surface area contributed by atoms with E-state index >= 15 is 0 Å². The first-order valence-corrected chi connectivity index (χ1v) is 5.61. The van der Waals surface area contributed by atoms with Gasteiger partial charge in [0.1, 0.15) is 0 Å². The summed E-state index contributed by atoms with van der Waals surface area (Å²) >= 11 is 5.27. The van der Waals surface area contributed by atoms with Crippen molar-refractivity contribution in [3.05, 3.63) is 25.3 Å².